The molecule has 1 atom stereocenters. The van der Waals surface area contributed by atoms with Crippen molar-refractivity contribution in [1.82, 2.24) is 4.98 Å². The van der Waals surface area contributed by atoms with Crippen LogP contribution in [0.2, 0.25) is 5.02 Å². The Morgan fingerprint density at radius 1 is 1.24 bits per heavy atom. The van der Waals surface area contributed by atoms with Gasteiger partial charge in [0.25, 0.3) is 10.0 Å². The molecule has 2 aromatic carbocycles. The Hall–Kier alpha value is -2.47. The van der Waals surface area contributed by atoms with Crippen LogP contribution in [0.25, 0.3) is 0 Å². The van der Waals surface area contributed by atoms with Gasteiger partial charge < -0.3 is 15.8 Å². The molecule has 0 saturated heterocycles. The van der Waals surface area contributed by atoms with Gasteiger partial charge in [-0.2, -0.15) is 0 Å². The van der Waals surface area contributed by atoms with Gasteiger partial charge in [0, 0.05) is 10.9 Å². The van der Waals surface area contributed by atoms with E-state index < -0.39 is 32.7 Å². The first kappa shape index (κ1) is 21.2. The van der Waals surface area contributed by atoms with Crippen molar-refractivity contribution in [3.8, 4) is 5.75 Å². The third kappa shape index (κ3) is 4.75. The number of aromatic nitrogens is 1. The highest BCUT2D eigenvalue weighted by atomic mass is 35.5. The Labute approximate surface area is 174 Å². The predicted molar refractivity (Wildman–Crippen MR) is 108 cm³/mol. The van der Waals surface area contributed by atoms with Crippen LogP contribution < -0.4 is 20.5 Å². The molecular formula is C17H15ClF2N4O3S2. The van der Waals surface area contributed by atoms with E-state index in [4.69, 9.17) is 22.1 Å². The topological polar surface area (TPSA) is 106 Å². The van der Waals surface area contributed by atoms with Crippen LogP contribution in [-0.2, 0) is 10.0 Å². The Kier molecular flexibility index (Phi) is 6.22. The summed E-state index contributed by atoms with van der Waals surface area (Å²) in [5.41, 5.74) is 7.43. The van der Waals surface area contributed by atoms with Crippen molar-refractivity contribution in [3.05, 3.63) is 63.4 Å². The summed E-state index contributed by atoms with van der Waals surface area (Å²) in [6, 6.07) is 5.79. The molecule has 0 unspecified atom stereocenters. The van der Waals surface area contributed by atoms with Crippen LogP contribution in [0.4, 0.5) is 20.3 Å². The van der Waals surface area contributed by atoms with Crippen molar-refractivity contribution in [2.24, 2.45) is 5.73 Å². The van der Waals surface area contributed by atoms with Crippen molar-refractivity contribution in [2.45, 2.75) is 11.1 Å². The number of benzene rings is 2. The fourth-order valence-corrected chi connectivity index (χ4v) is 4.36. The second kappa shape index (κ2) is 8.49. The highest BCUT2D eigenvalue weighted by molar-refractivity contribution is 7.92. The summed E-state index contributed by atoms with van der Waals surface area (Å²) in [4.78, 5) is 3.13. The summed E-state index contributed by atoms with van der Waals surface area (Å²) in [6.45, 7) is 0. The number of thiazole rings is 1. The molecule has 12 heteroatoms. The number of hydrogen-bond acceptors (Lipinski definition) is 7. The molecule has 154 valence electrons. The normalized spacial score (nSPS) is 12.4. The summed E-state index contributed by atoms with van der Waals surface area (Å²) in [5, 5.41) is 4.00. The number of ether oxygens (including phenoxy) is 1. The molecule has 0 saturated carbocycles. The highest BCUT2D eigenvalue weighted by Gasteiger charge is 2.23. The third-order valence-corrected chi connectivity index (χ3v) is 6.10. The molecule has 1 heterocycles. The summed E-state index contributed by atoms with van der Waals surface area (Å²) in [5.74, 6) is -1.24. The molecule has 0 amide bonds. The molecule has 0 fully saturated rings. The second-order valence-electron chi connectivity index (χ2n) is 5.75. The van der Waals surface area contributed by atoms with E-state index in [9.17, 15) is 17.2 Å². The first-order chi connectivity index (χ1) is 13.7. The number of rotatable bonds is 7. The monoisotopic (exact) mass is 460 g/mol. The minimum atomic E-state index is -4.25. The van der Waals surface area contributed by atoms with E-state index in [0.29, 0.717) is 5.75 Å². The summed E-state index contributed by atoms with van der Waals surface area (Å²) in [7, 11) is -2.83. The van der Waals surface area contributed by atoms with Crippen molar-refractivity contribution < 1.29 is 21.9 Å². The quantitative estimate of drug-likeness (QED) is 0.461. The highest BCUT2D eigenvalue weighted by Crippen LogP contribution is 2.31. The zero-order valence-electron chi connectivity index (χ0n) is 14.8. The number of halogens is 3. The Morgan fingerprint density at radius 2 is 2.00 bits per heavy atom. The summed E-state index contributed by atoms with van der Waals surface area (Å²) < 4.78 is 60.6. The van der Waals surface area contributed by atoms with Gasteiger partial charge in [0.2, 0.25) is 0 Å². The molecule has 0 radical (unpaired) electrons. The number of nitrogens with zero attached hydrogens (tertiary/aromatic N) is 1. The molecule has 3 aromatic rings. The van der Waals surface area contributed by atoms with E-state index in [1.807, 2.05) is 0 Å². The van der Waals surface area contributed by atoms with E-state index in [1.165, 1.54) is 47.5 Å². The Bertz CT molecular complexity index is 1130. The van der Waals surface area contributed by atoms with Crippen LogP contribution in [0.15, 0.2) is 46.1 Å². The molecule has 29 heavy (non-hydrogen) atoms. The predicted octanol–water partition coefficient (Wildman–Crippen LogP) is 3.95. The largest absolute Gasteiger partial charge is 0.497 e. The van der Waals surface area contributed by atoms with E-state index in [2.05, 4.69) is 15.0 Å². The molecule has 0 bridgehead atoms. The minimum Gasteiger partial charge on any atom is -0.497 e. The van der Waals surface area contributed by atoms with Crippen LogP contribution in [0.3, 0.4) is 0 Å². The van der Waals surface area contributed by atoms with Gasteiger partial charge in [-0.05, 0) is 30.3 Å². The second-order valence-corrected chi connectivity index (χ2v) is 8.53. The maximum Gasteiger partial charge on any atom is 0.266 e. The summed E-state index contributed by atoms with van der Waals surface area (Å²) >= 11 is 7.28. The fraction of sp³-hybridized carbons (Fsp3) is 0.118. The molecule has 3 rings (SSSR count). The lowest BCUT2D eigenvalue weighted by Crippen LogP contribution is -2.22. The molecule has 0 spiro atoms. The summed E-state index contributed by atoms with van der Waals surface area (Å²) in [6.07, 6.45) is -1.10. The van der Waals surface area contributed by atoms with Crippen molar-refractivity contribution in [2.75, 3.05) is 17.1 Å². The molecular weight excluding hydrogens is 446 g/mol. The lowest BCUT2D eigenvalue weighted by Gasteiger charge is -2.19. The fourth-order valence-electron chi connectivity index (χ4n) is 2.43. The number of hydrogen-bond donors (Lipinski definition) is 3. The van der Waals surface area contributed by atoms with E-state index in [1.54, 1.807) is 0 Å². The number of anilines is 2. The van der Waals surface area contributed by atoms with Crippen LogP contribution in [0.1, 0.15) is 11.7 Å². The number of nitrogens with one attached hydrogen (secondary N) is 2. The van der Waals surface area contributed by atoms with Crippen molar-refractivity contribution in [3.63, 3.8) is 0 Å². The average molecular weight is 461 g/mol. The number of methoxy groups -OCH3 is 1. The van der Waals surface area contributed by atoms with Gasteiger partial charge in [0.1, 0.15) is 28.4 Å². The lowest BCUT2D eigenvalue weighted by molar-refractivity contribution is 0.412. The zero-order valence-corrected chi connectivity index (χ0v) is 17.2. The van der Waals surface area contributed by atoms with Gasteiger partial charge in [-0.15, -0.1) is 11.3 Å². The first-order valence-electron chi connectivity index (χ1n) is 7.97. The molecule has 0 aliphatic rings. The van der Waals surface area contributed by atoms with Gasteiger partial charge in [-0.3, -0.25) is 4.72 Å². The van der Waals surface area contributed by atoms with Crippen LogP contribution >= 0.6 is 22.9 Å². The van der Waals surface area contributed by atoms with E-state index in [0.717, 1.165) is 12.1 Å². The van der Waals surface area contributed by atoms with Gasteiger partial charge in [0.05, 0.1) is 23.3 Å². The zero-order chi connectivity index (χ0) is 21.2. The molecule has 0 aliphatic carbocycles. The SMILES string of the molecule is COc1ccc(F)c([C@H](N)Nc2cc(F)c(S(=O)(=O)Nc3cscn3)cc2Cl)c1. The van der Waals surface area contributed by atoms with Gasteiger partial charge in [0.15, 0.2) is 5.82 Å². The Morgan fingerprint density at radius 3 is 2.66 bits per heavy atom. The number of nitrogens with two attached hydrogens (primary N) is 1. The van der Waals surface area contributed by atoms with E-state index in [-0.39, 0.29) is 22.1 Å². The average Bonchev–Trinajstić information content (AvgIpc) is 3.16. The van der Waals surface area contributed by atoms with Gasteiger partial charge >= 0.3 is 0 Å². The van der Waals surface area contributed by atoms with Crippen LogP contribution in [0, 0.1) is 11.6 Å². The third-order valence-electron chi connectivity index (χ3n) is 3.83. The lowest BCUT2D eigenvalue weighted by atomic mass is 10.1. The van der Waals surface area contributed by atoms with Crippen LogP contribution in [-0.4, -0.2) is 20.5 Å². The van der Waals surface area contributed by atoms with Crippen LogP contribution in [0.5, 0.6) is 5.75 Å². The van der Waals surface area contributed by atoms with E-state index >= 15 is 0 Å². The smallest absolute Gasteiger partial charge is 0.266 e. The minimum absolute atomic E-state index is 0.00788. The van der Waals surface area contributed by atoms with Gasteiger partial charge in [-0.1, -0.05) is 11.6 Å². The number of sulfonamides is 1. The van der Waals surface area contributed by atoms with Crippen molar-refractivity contribution in [1.29, 1.82) is 0 Å². The Balaban J connectivity index is 1.88. The molecule has 4 N–H and O–H groups in total. The molecule has 1 aromatic heterocycles. The first-order valence-corrected chi connectivity index (χ1v) is 10.8. The standard InChI is InChI=1S/C17H15ClF2N4O3S2/c1-27-9-2-3-12(19)10(4-9)17(21)23-14-6-13(20)15(5-11(14)18)29(25,26)24-16-7-28-8-22-16/h2-8,17,23-24H,21H2,1H3/t17-/m1/s1. The molecule has 7 nitrogen and oxygen atoms in total. The molecule has 0 aliphatic heterocycles. The maximum atomic E-state index is 14.5. The van der Waals surface area contributed by atoms with Crippen molar-refractivity contribution >= 4 is 44.5 Å². The van der Waals surface area contributed by atoms with Gasteiger partial charge in [-0.25, -0.2) is 22.2 Å². The maximum absolute atomic E-state index is 14.5.